The van der Waals surface area contributed by atoms with E-state index in [9.17, 15) is 4.79 Å². The first-order chi connectivity index (χ1) is 7.17. The lowest BCUT2D eigenvalue weighted by Crippen LogP contribution is -2.11. The molecule has 0 amide bonds. The maximum Gasteiger partial charge on any atom is 0.153 e. The van der Waals surface area contributed by atoms with Gasteiger partial charge in [0.2, 0.25) is 0 Å². The van der Waals surface area contributed by atoms with Gasteiger partial charge < -0.3 is 4.74 Å². The Labute approximate surface area is 90.6 Å². The second-order valence-electron chi connectivity index (χ2n) is 3.61. The molecule has 0 bridgehead atoms. The summed E-state index contributed by atoms with van der Waals surface area (Å²) in [6, 6.07) is 5.55. The number of rotatable bonds is 5. The van der Waals surface area contributed by atoms with E-state index in [0.717, 1.165) is 18.3 Å². The number of carbonyl (C=O) groups excluding carboxylic acids is 1. The number of aldehydes is 1. The summed E-state index contributed by atoms with van der Waals surface area (Å²) in [6.07, 6.45) is 3.44. The Morgan fingerprint density at radius 3 is 2.87 bits per heavy atom. The van der Waals surface area contributed by atoms with Gasteiger partial charge in [0.1, 0.15) is 5.75 Å². The molecule has 0 heterocycles. The van der Waals surface area contributed by atoms with E-state index in [1.165, 1.54) is 0 Å². The predicted molar refractivity (Wildman–Crippen MR) is 61.5 cm³/mol. The Bertz CT molecular complexity index is 356. The lowest BCUT2D eigenvalue weighted by Gasteiger charge is -2.14. The SMILES string of the molecule is C=CC[C@H](C)Oc1cc(C)ccc1C=O. The Morgan fingerprint density at radius 1 is 1.53 bits per heavy atom. The molecule has 0 spiro atoms. The van der Waals surface area contributed by atoms with E-state index >= 15 is 0 Å². The van der Waals surface area contributed by atoms with Crippen LogP contribution >= 0.6 is 0 Å². The zero-order valence-corrected chi connectivity index (χ0v) is 9.19. The van der Waals surface area contributed by atoms with Crippen molar-refractivity contribution in [3.63, 3.8) is 0 Å². The summed E-state index contributed by atoms with van der Waals surface area (Å²) in [5, 5.41) is 0. The lowest BCUT2D eigenvalue weighted by atomic mass is 10.1. The van der Waals surface area contributed by atoms with Crippen LogP contribution in [0.3, 0.4) is 0 Å². The predicted octanol–water partition coefficient (Wildman–Crippen LogP) is 3.15. The average Bonchev–Trinajstić information content (AvgIpc) is 2.18. The first-order valence-electron chi connectivity index (χ1n) is 5.00. The third-order valence-corrected chi connectivity index (χ3v) is 2.12. The van der Waals surface area contributed by atoms with Gasteiger partial charge in [-0.3, -0.25) is 4.79 Å². The van der Waals surface area contributed by atoms with Gasteiger partial charge in [-0.2, -0.15) is 0 Å². The van der Waals surface area contributed by atoms with Gasteiger partial charge in [-0.05, 0) is 31.5 Å². The fourth-order valence-corrected chi connectivity index (χ4v) is 1.34. The molecule has 0 saturated heterocycles. The Morgan fingerprint density at radius 2 is 2.27 bits per heavy atom. The molecule has 0 aliphatic heterocycles. The van der Waals surface area contributed by atoms with E-state index < -0.39 is 0 Å². The fourth-order valence-electron chi connectivity index (χ4n) is 1.34. The number of ether oxygens (including phenoxy) is 1. The number of carbonyl (C=O) groups is 1. The first-order valence-corrected chi connectivity index (χ1v) is 5.00. The van der Waals surface area contributed by atoms with Crippen molar-refractivity contribution < 1.29 is 9.53 Å². The van der Waals surface area contributed by atoms with Crippen LogP contribution in [0.4, 0.5) is 0 Å². The van der Waals surface area contributed by atoms with Gasteiger partial charge in [0.15, 0.2) is 6.29 Å². The number of aryl methyl sites for hydroxylation is 1. The number of hydrogen-bond donors (Lipinski definition) is 0. The molecule has 0 unspecified atom stereocenters. The second kappa shape index (κ2) is 5.35. The van der Waals surface area contributed by atoms with Crippen molar-refractivity contribution in [2.24, 2.45) is 0 Å². The third-order valence-electron chi connectivity index (χ3n) is 2.12. The van der Waals surface area contributed by atoms with Gasteiger partial charge in [0, 0.05) is 6.42 Å². The summed E-state index contributed by atoms with van der Waals surface area (Å²) in [5.74, 6) is 0.652. The van der Waals surface area contributed by atoms with Crippen LogP contribution in [0, 0.1) is 6.92 Å². The summed E-state index contributed by atoms with van der Waals surface area (Å²) >= 11 is 0. The molecule has 2 nitrogen and oxygen atoms in total. The van der Waals surface area contributed by atoms with E-state index in [4.69, 9.17) is 4.74 Å². The van der Waals surface area contributed by atoms with Crippen LogP contribution in [0.1, 0.15) is 29.3 Å². The Hall–Kier alpha value is -1.57. The summed E-state index contributed by atoms with van der Waals surface area (Å²) in [4.78, 5) is 10.8. The van der Waals surface area contributed by atoms with Crippen molar-refractivity contribution in [3.05, 3.63) is 42.0 Å². The molecular formula is C13H16O2. The van der Waals surface area contributed by atoms with Gasteiger partial charge in [0.05, 0.1) is 11.7 Å². The van der Waals surface area contributed by atoms with Crippen molar-refractivity contribution in [2.75, 3.05) is 0 Å². The zero-order chi connectivity index (χ0) is 11.3. The standard InChI is InChI=1S/C13H16O2/c1-4-5-11(3)15-13-8-10(2)6-7-12(13)9-14/h4,6-9,11H,1,5H2,2-3H3/t11-/m0/s1. The summed E-state index contributed by atoms with van der Waals surface area (Å²) in [5.41, 5.74) is 1.68. The second-order valence-corrected chi connectivity index (χ2v) is 3.61. The molecule has 0 radical (unpaired) electrons. The summed E-state index contributed by atoms with van der Waals surface area (Å²) < 4.78 is 5.66. The van der Waals surface area contributed by atoms with Gasteiger partial charge in [0.25, 0.3) is 0 Å². The molecule has 2 heteroatoms. The van der Waals surface area contributed by atoms with E-state index in [1.54, 1.807) is 12.1 Å². The van der Waals surface area contributed by atoms with Gasteiger partial charge in [-0.25, -0.2) is 0 Å². The highest BCUT2D eigenvalue weighted by atomic mass is 16.5. The molecule has 0 aliphatic rings. The zero-order valence-electron chi connectivity index (χ0n) is 9.19. The quantitative estimate of drug-likeness (QED) is 0.544. The minimum atomic E-state index is 0.0444. The van der Waals surface area contributed by atoms with Crippen LogP contribution in [0.2, 0.25) is 0 Å². The molecule has 15 heavy (non-hydrogen) atoms. The molecule has 0 aromatic heterocycles. The topological polar surface area (TPSA) is 26.3 Å². The van der Waals surface area contributed by atoms with E-state index in [0.29, 0.717) is 11.3 Å². The maximum atomic E-state index is 10.8. The molecule has 0 saturated carbocycles. The fraction of sp³-hybridized carbons (Fsp3) is 0.308. The minimum absolute atomic E-state index is 0.0444. The molecule has 0 fully saturated rings. The molecule has 80 valence electrons. The molecule has 1 aromatic rings. The number of hydrogen-bond acceptors (Lipinski definition) is 2. The number of benzene rings is 1. The third kappa shape index (κ3) is 3.24. The highest BCUT2D eigenvalue weighted by molar-refractivity contribution is 5.79. The van der Waals surface area contributed by atoms with E-state index in [2.05, 4.69) is 6.58 Å². The van der Waals surface area contributed by atoms with E-state index in [1.807, 2.05) is 26.0 Å². The summed E-state index contributed by atoms with van der Waals surface area (Å²) in [7, 11) is 0. The summed E-state index contributed by atoms with van der Waals surface area (Å²) in [6.45, 7) is 7.58. The van der Waals surface area contributed by atoms with Crippen LogP contribution in [0.25, 0.3) is 0 Å². The largest absolute Gasteiger partial charge is 0.490 e. The molecule has 1 rings (SSSR count). The highest BCUT2D eigenvalue weighted by Crippen LogP contribution is 2.20. The molecular weight excluding hydrogens is 188 g/mol. The van der Waals surface area contributed by atoms with Crippen molar-refractivity contribution >= 4 is 6.29 Å². The van der Waals surface area contributed by atoms with Crippen molar-refractivity contribution in [3.8, 4) is 5.75 Å². The monoisotopic (exact) mass is 204 g/mol. The molecule has 1 atom stereocenters. The van der Waals surface area contributed by atoms with Crippen LogP contribution in [-0.2, 0) is 0 Å². The minimum Gasteiger partial charge on any atom is -0.490 e. The normalized spacial score (nSPS) is 11.9. The first kappa shape index (κ1) is 11.5. The van der Waals surface area contributed by atoms with Gasteiger partial charge >= 0.3 is 0 Å². The Balaban J connectivity index is 2.86. The van der Waals surface area contributed by atoms with Crippen molar-refractivity contribution in [1.82, 2.24) is 0 Å². The Kier molecular flexibility index (Phi) is 4.10. The lowest BCUT2D eigenvalue weighted by molar-refractivity contribution is 0.111. The smallest absolute Gasteiger partial charge is 0.153 e. The van der Waals surface area contributed by atoms with Crippen molar-refractivity contribution in [2.45, 2.75) is 26.4 Å². The molecule has 0 aliphatic carbocycles. The highest BCUT2D eigenvalue weighted by Gasteiger charge is 2.06. The van der Waals surface area contributed by atoms with Crippen LogP contribution in [0.15, 0.2) is 30.9 Å². The molecule has 0 N–H and O–H groups in total. The van der Waals surface area contributed by atoms with E-state index in [-0.39, 0.29) is 6.10 Å². The maximum absolute atomic E-state index is 10.8. The van der Waals surface area contributed by atoms with Crippen LogP contribution in [-0.4, -0.2) is 12.4 Å². The van der Waals surface area contributed by atoms with Crippen LogP contribution < -0.4 is 4.74 Å². The molecule has 1 aromatic carbocycles. The van der Waals surface area contributed by atoms with Gasteiger partial charge in [-0.1, -0.05) is 12.1 Å². The van der Waals surface area contributed by atoms with Crippen LogP contribution in [0.5, 0.6) is 5.75 Å². The average molecular weight is 204 g/mol. The van der Waals surface area contributed by atoms with Crippen molar-refractivity contribution in [1.29, 1.82) is 0 Å². The van der Waals surface area contributed by atoms with Gasteiger partial charge in [-0.15, -0.1) is 6.58 Å².